The molecule has 154 valence electrons. The molecule has 4 aromatic rings. The standard InChI is InChI=1S/C24H27N5O/c1-15-14-16(2)26-23-22(15)24-27-17(3)20(18(4)29(24)28-23)10-11-21(30)25-13-12-19-8-6-5-7-9-19/h5-9,14H,10-13H2,1-4H3,(H,25,30). The summed E-state index contributed by atoms with van der Waals surface area (Å²) in [4.78, 5) is 21.7. The zero-order valence-corrected chi connectivity index (χ0v) is 18.0. The Morgan fingerprint density at radius 1 is 1.03 bits per heavy atom. The van der Waals surface area contributed by atoms with Crippen LogP contribution in [0.5, 0.6) is 0 Å². The molecule has 0 saturated carbocycles. The zero-order chi connectivity index (χ0) is 21.3. The van der Waals surface area contributed by atoms with Gasteiger partial charge in [-0.15, -0.1) is 5.10 Å². The van der Waals surface area contributed by atoms with E-state index in [4.69, 9.17) is 10.1 Å². The normalized spacial score (nSPS) is 11.3. The van der Waals surface area contributed by atoms with Crippen molar-refractivity contribution in [3.05, 3.63) is 70.2 Å². The zero-order valence-electron chi connectivity index (χ0n) is 18.0. The van der Waals surface area contributed by atoms with Crippen molar-refractivity contribution in [1.29, 1.82) is 0 Å². The second-order valence-corrected chi connectivity index (χ2v) is 7.86. The van der Waals surface area contributed by atoms with Gasteiger partial charge in [0, 0.05) is 30.0 Å². The van der Waals surface area contributed by atoms with Gasteiger partial charge in [0.15, 0.2) is 11.3 Å². The van der Waals surface area contributed by atoms with E-state index in [0.717, 1.165) is 51.3 Å². The second-order valence-electron chi connectivity index (χ2n) is 7.86. The molecule has 0 saturated heterocycles. The molecule has 0 spiro atoms. The van der Waals surface area contributed by atoms with Crippen LogP contribution in [-0.4, -0.2) is 32.0 Å². The van der Waals surface area contributed by atoms with Gasteiger partial charge in [-0.2, -0.15) is 0 Å². The van der Waals surface area contributed by atoms with Crippen LogP contribution in [-0.2, 0) is 17.6 Å². The number of aryl methyl sites for hydroxylation is 4. The summed E-state index contributed by atoms with van der Waals surface area (Å²) < 4.78 is 1.87. The van der Waals surface area contributed by atoms with E-state index in [-0.39, 0.29) is 5.91 Å². The van der Waals surface area contributed by atoms with E-state index in [1.54, 1.807) is 0 Å². The van der Waals surface area contributed by atoms with Gasteiger partial charge >= 0.3 is 0 Å². The highest BCUT2D eigenvalue weighted by Gasteiger charge is 2.17. The van der Waals surface area contributed by atoms with Gasteiger partial charge in [0.1, 0.15) is 0 Å². The minimum absolute atomic E-state index is 0.0589. The van der Waals surface area contributed by atoms with E-state index in [9.17, 15) is 4.79 Å². The maximum atomic E-state index is 12.4. The van der Waals surface area contributed by atoms with Crippen LogP contribution in [0, 0.1) is 27.7 Å². The van der Waals surface area contributed by atoms with Crippen molar-refractivity contribution in [2.75, 3.05) is 6.54 Å². The van der Waals surface area contributed by atoms with Gasteiger partial charge in [0.25, 0.3) is 0 Å². The van der Waals surface area contributed by atoms with Crippen molar-refractivity contribution in [2.45, 2.75) is 47.0 Å². The van der Waals surface area contributed by atoms with Crippen LogP contribution in [0.4, 0.5) is 0 Å². The van der Waals surface area contributed by atoms with E-state index in [2.05, 4.69) is 35.4 Å². The molecule has 6 heteroatoms. The van der Waals surface area contributed by atoms with Gasteiger partial charge in [-0.05, 0) is 63.3 Å². The van der Waals surface area contributed by atoms with E-state index < -0.39 is 0 Å². The fraction of sp³-hybridized carbons (Fsp3) is 0.333. The molecule has 0 aliphatic carbocycles. The third-order valence-corrected chi connectivity index (χ3v) is 5.59. The fourth-order valence-corrected chi connectivity index (χ4v) is 4.05. The van der Waals surface area contributed by atoms with Gasteiger partial charge in [-0.25, -0.2) is 14.5 Å². The Morgan fingerprint density at radius 2 is 1.80 bits per heavy atom. The first-order valence-corrected chi connectivity index (χ1v) is 10.4. The van der Waals surface area contributed by atoms with Crippen molar-refractivity contribution in [1.82, 2.24) is 24.9 Å². The van der Waals surface area contributed by atoms with E-state index >= 15 is 0 Å². The molecule has 0 bridgehead atoms. The third kappa shape index (κ3) is 3.90. The van der Waals surface area contributed by atoms with Crippen LogP contribution in [0.15, 0.2) is 36.4 Å². The number of hydrogen-bond donors (Lipinski definition) is 1. The molecular weight excluding hydrogens is 374 g/mol. The Kier molecular flexibility index (Phi) is 5.48. The van der Waals surface area contributed by atoms with Crippen LogP contribution in [0.1, 0.15) is 40.2 Å². The molecule has 1 aromatic carbocycles. The molecule has 0 aliphatic rings. The number of amides is 1. The number of pyridine rings is 1. The fourth-order valence-electron chi connectivity index (χ4n) is 4.05. The molecule has 0 radical (unpaired) electrons. The predicted molar refractivity (Wildman–Crippen MR) is 119 cm³/mol. The number of benzene rings is 1. The SMILES string of the molecule is Cc1cc(C)c2c(n1)nn1c(C)c(CCC(=O)NCCc3ccccc3)c(C)nc21. The molecule has 3 heterocycles. The van der Waals surface area contributed by atoms with Crippen LogP contribution >= 0.6 is 0 Å². The highest BCUT2D eigenvalue weighted by atomic mass is 16.1. The minimum Gasteiger partial charge on any atom is -0.356 e. The lowest BCUT2D eigenvalue weighted by atomic mass is 10.1. The molecular formula is C24H27N5O. The van der Waals surface area contributed by atoms with Gasteiger partial charge in [-0.1, -0.05) is 30.3 Å². The summed E-state index contributed by atoms with van der Waals surface area (Å²) in [6.45, 7) is 8.74. The first-order chi connectivity index (χ1) is 14.4. The van der Waals surface area contributed by atoms with Crippen molar-refractivity contribution >= 4 is 22.6 Å². The van der Waals surface area contributed by atoms with Crippen LogP contribution in [0.2, 0.25) is 0 Å². The lowest BCUT2D eigenvalue weighted by Gasteiger charge is -2.11. The van der Waals surface area contributed by atoms with Crippen LogP contribution in [0.25, 0.3) is 16.7 Å². The molecule has 30 heavy (non-hydrogen) atoms. The van der Waals surface area contributed by atoms with E-state index in [0.29, 0.717) is 19.4 Å². The summed E-state index contributed by atoms with van der Waals surface area (Å²) in [7, 11) is 0. The predicted octanol–water partition coefficient (Wildman–Crippen LogP) is 3.80. The van der Waals surface area contributed by atoms with Crippen molar-refractivity contribution in [3.63, 3.8) is 0 Å². The Balaban J connectivity index is 1.49. The highest BCUT2D eigenvalue weighted by molar-refractivity contribution is 5.93. The first kappa shape index (κ1) is 20.0. The molecule has 1 N–H and O–H groups in total. The van der Waals surface area contributed by atoms with Crippen LogP contribution in [0.3, 0.4) is 0 Å². The first-order valence-electron chi connectivity index (χ1n) is 10.4. The van der Waals surface area contributed by atoms with Crippen LogP contribution < -0.4 is 5.32 Å². The lowest BCUT2D eigenvalue weighted by molar-refractivity contribution is -0.121. The Morgan fingerprint density at radius 3 is 2.57 bits per heavy atom. The Hall–Kier alpha value is -3.28. The summed E-state index contributed by atoms with van der Waals surface area (Å²) in [6.07, 6.45) is 1.91. The second kappa shape index (κ2) is 8.22. The third-order valence-electron chi connectivity index (χ3n) is 5.59. The van der Waals surface area contributed by atoms with Crippen molar-refractivity contribution < 1.29 is 4.79 Å². The number of aromatic nitrogens is 4. The van der Waals surface area contributed by atoms with Crippen molar-refractivity contribution in [2.24, 2.45) is 0 Å². The molecule has 0 atom stereocenters. The topological polar surface area (TPSA) is 72.2 Å². The summed E-state index contributed by atoms with van der Waals surface area (Å²) in [5, 5.41) is 8.71. The average molecular weight is 402 g/mol. The molecule has 0 aliphatic heterocycles. The molecule has 1 amide bonds. The summed E-state index contributed by atoms with van der Waals surface area (Å²) >= 11 is 0. The van der Waals surface area contributed by atoms with Gasteiger partial charge in [0.05, 0.1) is 5.39 Å². The number of nitrogens with one attached hydrogen (secondary N) is 1. The Labute approximate surface area is 176 Å². The Bertz CT molecular complexity index is 1230. The smallest absolute Gasteiger partial charge is 0.220 e. The molecule has 0 fully saturated rings. The maximum Gasteiger partial charge on any atom is 0.220 e. The monoisotopic (exact) mass is 401 g/mol. The molecule has 0 unspecified atom stereocenters. The quantitative estimate of drug-likeness (QED) is 0.533. The van der Waals surface area contributed by atoms with Gasteiger partial charge in [-0.3, -0.25) is 4.79 Å². The van der Waals surface area contributed by atoms with E-state index in [1.165, 1.54) is 5.56 Å². The van der Waals surface area contributed by atoms with Crippen molar-refractivity contribution in [3.8, 4) is 0 Å². The minimum atomic E-state index is 0.0589. The number of carbonyl (C=O) groups is 1. The highest BCUT2D eigenvalue weighted by Crippen LogP contribution is 2.25. The molecule has 3 aromatic heterocycles. The largest absolute Gasteiger partial charge is 0.356 e. The molecule has 6 nitrogen and oxygen atoms in total. The number of rotatable bonds is 6. The average Bonchev–Trinajstić information content (AvgIpc) is 3.07. The lowest BCUT2D eigenvalue weighted by Crippen LogP contribution is -2.26. The van der Waals surface area contributed by atoms with E-state index in [1.807, 2.05) is 43.5 Å². The number of hydrogen-bond acceptors (Lipinski definition) is 4. The van der Waals surface area contributed by atoms with Gasteiger partial charge < -0.3 is 5.32 Å². The molecule has 4 rings (SSSR count). The number of fused-ring (bicyclic) bond motifs is 3. The van der Waals surface area contributed by atoms with Gasteiger partial charge in [0.2, 0.25) is 5.91 Å². The maximum absolute atomic E-state index is 12.4. The number of nitrogens with zero attached hydrogens (tertiary/aromatic N) is 4. The summed E-state index contributed by atoms with van der Waals surface area (Å²) in [5.41, 5.74) is 7.89. The summed E-state index contributed by atoms with van der Waals surface area (Å²) in [6, 6.07) is 12.2. The number of carbonyl (C=O) groups excluding carboxylic acids is 1. The summed E-state index contributed by atoms with van der Waals surface area (Å²) in [5.74, 6) is 0.0589.